The first kappa shape index (κ1) is 15.5. The van der Waals surface area contributed by atoms with Crippen LogP contribution in [0.3, 0.4) is 0 Å². The minimum atomic E-state index is -0.0899. The molecule has 0 radical (unpaired) electrons. The molecule has 5 heteroatoms. The first-order valence-corrected chi connectivity index (χ1v) is 7.49. The molecule has 0 aliphatic rings. The molecule has 0 saturated carbocycles. The molecule has 4 nitrogen and oxygen atoms in total. The Labute approximate surface area is 132 Å². The highest BCUT2D eigenvalue weighted by atomic mass is 79.9. The van der Waals surface area contributed by atoms with Crippen LogP contribution in [0.5, 0.6) is 5.75 Å². The summed E-state index contributed by atoms with van der Waals surface area (Å²) in [6.07, 6.45) is 3.70. The van der Waals surface area contributed by atoms with Gasteiger partial charge in [-0.05, 0) is 49.7 Å². The summed E-state index contributed by atoms with van der Waals surface area (Å²) in [5, 5.41) is 2.89. The largest absolute Gasteiger partial charge is 0.489 e. The van der Waals surface area contributed by atoms with E-state index in [1.807, 2.05) is 44.2 Å². The Balaban J connectivity index is 2.11. The van der Waals surface area contributed by atoms with Crippen LogP contribution in [0.2, 0.25) is 0 Å². The highest BCUT2D eigenvalue weighted by Gasteiger charge is 2.10. The molecular weight excluding hydrogens is 332 g/mol. The molecular formula is C16H17BrN2O2. The molecule has 1 amide bonds. The van der Waals surface area contributed by atoms with E-state index in [9.17, 15) is 4.79 Å². The first-order valence-electron chi connectivity index (χ1n) is 6.69. The fourth-order valence-corrected chi connectivity index (χ4v) is 2.20. The number of rotatable bonds is 5. The molecule has 1 aromatic heterocycles. The minimum absolute atomic E-state index is 0.0435. The summed E-state index contributed by atoms with van der Waals surface area (Å²) in [6, 6.07) is 9.21. The van der Waals surface area contributed by atoms with Crippen molar-refractivity contribution in [2.24, 2.45) is 0 Å². The van der Waals surface area contributed by atoms with Crippen LogP contribution in [0.1, 0.15) is 19.4 Å². The number of hydrogen-bond acceptors (Lipinski definition) is 3. The molecule has 110 valence electrons. The van der Waals surface area contributed by atoms with Crippen LogP contribution in [0.4, 0.5) is 5.69 Å². The summed E-state index contributed by atoms with van der Waals surface area (Å²) >= 11 is 3.40. The lowest BCUT2D eigenvalue weighted by Crippen LogP contribution is -2.16. The molecule has 0 aliphatic carbocycles. The van der Waals surface area contributed by atoms with Gasteiger partial charge in [-0.1, -0.05) is 15.9 Å². The monoisotopic (exact) mass is 348 g/mol. The second-order valence-corrected chi connectivity index (χ2v) is 5.80. The molecule has 0 saturated heterocycles. The lowest BCUT2D eigenvalue weighted by molar-refractivity contribution is -0.115. The van der Waals surface area contributed by atoms with E-state index in [4.69, 9.17) is 4.74 Å². The summed E-state index contributed by atoms with van der Waals surface area (Å²) in [7, 11) is 0. The second-order valence-electron chi connectivity index (χ2n) is 4.89. The zero-order valence-electron chi connectivity index (χ0n) is 12.0. The number of carbonyl (C=O) groups is 1. The number of hydrogen-bond donors (Lipinski definition) is 1. The Kier molecular flexibility index (Phi) is 5.33. The summed E-state index contributed by atoms with van der Waals surface area (Å²) in [4.78, 5) is 16.1. The summed E-state index contributed by atoms with van der Waals surface area (Å²) in [5.74, 6) is 0.573. The van der Waals surface area contributed by atoms with Gasteiger partial charge in [0, 0.05) is 16.9 Å². The van der Waals surface area contributed by atoms with Gasteiger partial charge in [-0.2, -0.15) is 0 Å². The molecule has 0 fully saturated rings. The maximum atomic E-state index is 12.1. The van der Waals surface area contributed by atoms with E-state index in [2.05, 4.69) is 26.2 Å². The standard InChI is InChI=1S/C16H17BrN2O2/c1-11(2)21-15-4-3-13(17)10-14(15)19-16(20)9-12-5-7-18-8-6-12/h3-8,10-11H,9H2,1-2H3,(H,19,20). The molecule has 0 spiro atoms. The number of nitrogens with zero attached hydrogens (tertiary/aromatic N) is 1. The summed E-state index contributed by atoms with van der Waals surface area (Å²) in [6.45, 7) is 3.90. The summed E-state index contributed by atoms with van der Waals surface area (Å²) in [5.41, 5.74) is 1.58. The average Bonchev–Trinajstić information content (AvgIpc) is 2.42. The van der Waals surface area contributed by atoms with Gasteiger partial charge in [0.1, 0.15) is 5.75 Å². The van der Waals surface area contributed by atoms with Crippen molar-refractivity contribution in [1.82, 2.24) is 4.98 Å². The van der Waals surface area contributed by atoms with Gasteiger partial charge in [0.25, 0.3) is 0 Å². The third kappa shape index (κ3) is 4.86. The van der Waals surface area contributed by atoms with E-state index in [0.717, 1.165) is 10.0 Å². The lowest BCUT2D eigenvalue weighted by atomic mass is 10.2. The fraction of sp³-hybridized carbons (Fsp3) is 0.250. The third-order valence-corrected chi connectivity index (χ3v) is 3.19. The van der Waals surface area contributed by atoms with Crippen LogP contribution in [0.25, 0.3) is 0 Å². The van der Waals surface area contributed by atoms with Crippen molar-refractivity contribution in [2.75, 3.05) is 5.32 Å². The van der Waals surface area contributed by atoms with Crippen molar-refractivity contribution < 1.29 is 9.53 Å². The molecule has 21 heavy (non-hydrogen) atoms. The SMILES string of the molecule is CC(C)Oc1ccc(Br)cc1NC(=O)Cc1ccncc1. The zero-order valence-corrected chi connectivity index (χ0v) is 13.6. The highest BCUT2D eigenvalue weighted by molar-refractivity contribution is 9.10. The van der Waals surface area contributed by atoms with Crippen LogP contribution in [-0.2, 0) is 11.2 Å². The lowest BCUT2D eigenvalue weighted by Gasteiger charge is -2.15. The number of ether oxygens (including phenoxy) is 1. The predicted molar refractivity (Wildman–Crippen MR) is 86.5 cm³/mol. The Morgan fingerprint density at radius 3 is 2.67 bits per heavy atom. The first-order chi connectivity index (χ1) is 10.0. The highest BCUT2D eigenvalue weighted by Crippen LogP contribution is 2.29. The topological polar surface area (TPSA) is 51.2 Å². The van der Waals surface area contributed by atoms with Crippen LogP contribution in [0, 0.1) is 0 Å². The average molecular weight is 349 g/mol. The van der Waals surface area contributed by atoms with Crippen molar-refractivity contribution in [3.8, 4) is 5.75 Å². The van der Waals surface area contributed by atoms with Crippen molar-refractivity contribution in [2.45, 2.75) is 26.4 Å². The molecule has 1 aromatic carbocycles. The fourth-order valence-electron chi connectivity index (χ4n) is 1.84. The quantitative estimate of drug-likeness (QED) is 0.893. The van der Waals surface area contributed by atoms with E-state index >= 15 is 0 Å². The van der Waals surface area contributed by atoms with Gasteiger partial charge in [0.2, 0.25) is 5.91 Å². The number of halogens is 1. The predicted octanol–water partition coefficient (Wildman–Crippen LogP) is 3.81. The van der Waals surface area contributed by atoms with E-state index in [1.165, 1.54) is 0 Å². The van der Waals surface area contributed by atoms with Crippen LogP contribution < -0.4 is 10.1 Å². The maximum Gasteiger partial charge on any atom is 0.228 e. The number of aromatic nitrogens is 1. The van der Waals surface area contributed by atoms with Gasteiger partial charge in [-0.3, -0.25) is 9.78 Å². The zero-order chi connectivity index (χ0) is 15.2. The van der Waals surface area contributed by atoms with E-state index in [1.54, 1.807) is 12.4 Å². The smallest absolute Gasteiger partial charge is 0.228 e. The summed E-state index contributed by atoms with van der Waals surface area (Å²) < 4.78 is 6.59. The van der Waals surface area contributed by atoms with E-state index in [0.29, 0.717) is 17.9 Å². The number of benzene rings is 1. The van der Waals surface area contributed by atoms with Gasteiger partial charge < -0.3 is 10.1 Å². The molecule has 0 aliphatic heterocycles. The van der Waals surface area contributed by atoms with Crippen molar-refractivity contribution in [3.05, 3.63) is 52.8 Å². The van der Waals surface area contributed by atoms with Gasteiger partial charge >= 0.3 is 0 Å². The molecule has 2 rings (SSSR count). The molecule has 2 aromatic rings. The van der Waals surface area contributed by atoms with Gasteiger partial charge in [-0.25, -0.2) is 0 Å². The third-order valence-electron chi connectivity index (χ3n) is 2.69. The number of nitrogens with one attached hydrogen (secondary N) is 1. The Morgan fingerprint density at radius 1 is 1.29 bits per heavy atom. The molecule has 0 bridgehead atoms. The number of amides is 1. The van der Waals surface area contributed by atoms with Gasteiger partial charge in [-0.15, -0.1) is 0 Å². The van der Waals surface area contributed by atoms with Crippen LogP contribution in [-0.4, -0.2) is 17.0 Å². The Hall–Kier alpha value is -1.88. The van der Waals surface area contributed by atoms with Crippen molar-refractivity contribution in [3.63, 3.8) is 0 Å². The number of anilines is 1. The van der Waals surface area contributed by atoms with E-state index in [-0.39, 0.29) is 12.0 Å². The van der Waals surface area contributed by atoms with Crippen molar-refractivity contribution >= 4 is 27.5 Å². The van der Waals surface area contributed by atoms with E-state index < -0.39 is 0 Å². The maximum absolute atomic E-state index is 12.1. The Bertz CT molecular complexity index is 615. The van der Waals surface area contributed by atoms with Gasteiger partial charge in [0.15, 0.2) is 0 Å². The van der Waals surface area contributed by atoms with Gasteiger partial charge in [0.05, 0.1) is 18.2 Å². The van der Waals surface area contributed by atoms with Crippen LogP contribution in [0.15, 0.2) is 47.2 Å². The molecule has 0 unspecified atom stereocenters. The van der Waals surface area contributed by atoms with Crippen molar-refractivity contribution in [1.29, 1.82) is 0 Å². The van der Waals surface area contributed by atoms with Crippen LogP contribution >= 0.6 is 15.9 Å². The Morgan fingerprint density at radius 2 is 2.00 bits per heavy atom. The molecule has 0 atom stereocenters. The number of pyridine rings is 1. The molecule has 1 heterocycles. The molecule has 1 N–H and O–H groups in total. The minimum Gasteiger partial charge on any atom is -0.489 e. The normalized spacial score (nSPS) is 10.5. The second kappa shape index (κ2) is 7.22. The number of carbonyl (C=O) groups excluding carboxylic acids is 1.